The number of aromatic carboxylic acids is 1. The molecule has 0 heterocycles. The van der Waals surface area contributed by atoms with Gasteiger partial charge in [-0.05, 0) is 66.8 Å². The molecule has 0 radical (unpaired) electrons. The number of carboxylic acid groups (broad SMARTS) is 1. The zero-order valence-corrected chi connectivity index (χ0v) is 11.2. The summed E-state index contributed by atoms with van der Waals surface area (Å²) in [5.41, 5.74) is 3.27. The highest BCUT2D eigenvalue weighted by Gasteiger charge is 2.11. The van der Waals surface area contributed by atoms with Crippen LogP contribution < -0.4 is 0 Å². The molecule has 0 amide bonds. The lowest BCUT2D eigenvalue weighted by Gasteiger charge is -2.05. The van der Waals surface area contributed by atoms with Crippen LogP contribution in [0.4, 0.5) is 0 Å². The number of hydrogen-bond donors (Lipinski definition) is 1. The molecule has 1 aliphatic carbocycles. The molecular formula is C16H14O2S. The fraction of sp³-hybridized carbons (Fsp3) is 0.188. The van der Waals surface area contributed by atoms with Gasteiger partial charge in [0.2, 0.25) is 0 Å². The fourth-order valence-electron chi connectivity index (χ4n) is 2.41. The Hall–Kier alpha value is -1.74. The molecule has 0 bridgehead atoms. The summed E-state index contributed by atoms with van der Waals surface area (Å²) in [4.78, 5) is 13.1. The van der Waals surface area contributed by atoms with E-state index < -0.39 is 5.97 Å². The maximum Gasteiger partial charge on any atom is 0.335 e. The van der Waals surface area contributed by atoms with Crippen LogP contribution in [0.3, 0.4) is 0 Å². The molecule has 2 aromatic carbocycles. The van der Waals surface area contributed by atoms with Crippen LogP contribution in [0.25, 0.3) is 0 Å². The van der Waals surface area contributed by atoms with Crippen molar-refractivity contribution >= 4 is 17.7 Å². The SMILES string of the molecule is O=C(O)c1ccc(Sc2ccc3c(c2)CCC3)cc1. The van der Waals surface area contributed by atoms with E-state index >= 15 is 0 Å². The first kappa shape index (κ1) is 12.3. The molecule has 0 fully saturated rings. The summed E-state index contributed by atoms with van der Waals surface area (Å²) in [5.74, 6) is -0.880. The molecule has 3 rings (SSSR count). The molecular weight excluding hydrogens is 256 g/mol. The first-order valence-corrected chi connectivity index (χ1v) is 7.17. The van der Waals surface area contributed by atoms with Crippen LogP contribution in [0, 0.1) is 0 Å². The second-order valence-corrected chi connectivity index (χ2v) is 5.86. The van der Waals surface area contributed by atoms with Crippen molar-refractivity contribution in [1.82, 2.24) is 0 Å². The van der Waals surface area contributed by atoms with Crippen molar-refractivity contribution < 1.29 is 9.90 Å². The van der Waals surface area contributed by atoms with E-state index in [1.807, 2.05) is 12.1 Å². The Kier molecular flexibility index (Phi) is 3.30. The molecule has 0 saturated carbocycles. The van der Waals surface area contributed by atoms with Gasteiger partial charge in [-0.15, -0.1) is 0 Å². The molecule has 1 N–H and O–H groups in total. The highest BCUT2D eigenvalue weighted by Crippen LogP contribution is 2.32. The van der Waals surface area contributed by atoms with Gasteiger partial charge in [-0.25, -0.2) is 4.79 Å². The molecule has 3 heteroatoms. The zero-order chi connectivity index (χ0) is 13.2. The molecule has 96 valence electrons. The number of rotatable bonds is 3. The van der Waals surface area contributed by atoms with Crippen molar-refractivity contribution in [3.8, 4) is 0 Å². The average molecular weight is 270 g/mol. The van der Waals surface area contributed by atoms with E-state index in [0.717, 1.165) is 4.90 Å². The largest absolute Gasteiger partial charge is 0.478 e. The number of benzene rings is 2. The smallest absolute Gasteiger partial charge is 0.335 e. The van der Waals surface area contributed by atoms with Gasteiger partial charge in [0, 0.05) is 9.79 Å². The van der Waals surface area contributed by atoms with Crippen LogP contribution in [-0.2, 0) is 12.8 Å². The average Bonchev–Trinajstić information content (AvgIpc) is 2.87. The number of fused-ring (bicyclic) bond motifs is 1. The number of aryl methyl sites for hydroxylation is 2. The van der Waals surface area contributed by atoms with E-state index in [1.54, 1.807) is 23.9 Å². The molecule has 0 spiro atoms. The number of carboxylic acids is 1. The minimum Gasteiger partial charge on any atom is -0.478 e. The Labute approximate surface area is 116 Å². The van der Waals surface area contributed by atoms with Crippen molar-refractivity contribution in [2.75, 3.05) is 0 Å². The van der Waals surface area contributed by atoms with E-state index in [1.165, 1.54) is 35.3 Å². The van der Waals surface area contributed by atoms with Gasteiger partial charge in [0.25, 0.3) is 0 Å². The van der Waals surface area contributed by atoms with Crippen LogP contribution in [0.5, 0.6) is 0 Å². The Bertz CT molecular complexity index is 617. The maximum atomic E-state index is 10.8. The van der Waals surface area contributed by atoms with E-state index in [-0.39, 0.29) is 0 Å². The summed E-state index contributed by atoms with van der Waals surface area (Å²) < 4.78 is 0. The van der Waals surface area contributed by atoms with Crippen LogP contribution in [0.1, 0.15) is 27.9 Å². The predicted molar refractivity (Wildman–Crippen MR) is 76.0 cm³/mol. The third-order valence-corrected chi connectivity index (χ3v) is 4.40. The summed E-state index contributed by atoms with van der Waals surface area (Å²) >= 11 is 1.68. The van der Waals surface area contributed by atoms with E-state index in [9.17, 15) is 4.79 Å². The first-order chi connectivity index (χ1) is 9.22. The Morgan fingerprint density at radius 1 is 0.947 bits per heavy atom. The molecule has 1 aliphatic rings. The normalized spacial score (nSPS) is 13.3. The predicted octanol–water partition coefficient (Wildman–Crippen LogP) is 4.02. The van der Waals surface area contributed by atoms with Crippen molar-refractivity contribution in [2.24, 2.45) is 0 Å². The van der Waals surface area contributed by atoms with Crippen LogP contribution in [-0.4, -0.2) is 11.1 Å². The Balaban J connectivity index is 1.79. The Morgan fingerprint density at radius 3 is 2.37 bits per heavy atom. The van der Waals surface area contributed by atoms with Gasteiger partial charge in [-0.3, -0.25) is 0 Å². The van der Waals surface area contributed by atoms with Gasteiger partial charge in [0.05, 0.1) is 5.56 Å². The van der Waals surface area contributed by atoms with Gasteiger partial charge >= 0.3 is 5.97 Å². The zero-order valence-electron chi connectivity index (χ0n) is 10.4. The van der Waals surface area contributed by atoms with Crippen LogP contribution in [0.15, 0.2) is 52.3 Å². The van der Waals surface area contributed by atoms with Gasteiger partial charge in [-0.2, -0.15) is 0 Å². The van der Waals surface area contributed by atoms with Gasteiger partial charge in [-0.1, -0.05) is 17.8 Å². The van der Waals surface area contributed by atoms with Gasteiger partial charge < -0.3 is 5.11 Å². The molecule has 0 aromatic heterocycles. The fourth-order valence-corrected chi connectivity index (χ4v) is 3.29. The maximum absolute atomic E-state index is 10.8. The molecule has 0 aliphatic heterocycles. The van der Waals surface area contributed by atoms with E-state index in [0.29, 0.717) is 5.56 Å². The third-order valence-electron chi connectivity index (χ3n) is 3.41. The quantitative estimate of drug-likeness (QED) is 0.915. The van der Waals surface area contributed by atoms with E-state index in [2.05, 4.69) is 18.2 Å². The molecule has 2 nitrogen and oxygen atoms in total. The van der Waals surface area contributed by atoms with Gasteiger partial charge in [0.1, 0.15) is 0 Å². The lowest BCUT2D eigenvalue weighted by Crippen LogP contribution is -1.94. The molecule has 0 unspecified atom stereocenters. The highest BCUT2D eigenvalue weighted by molar-refractivity contribution is 7.99. The van der Waals surface area contributed by atoms with E-state index in [4.69, 9.17) is 5.11 Å². The first-order valence-electron chi connectivity index (χ1n) is 6.35. The molecule has 0 saturated heterocycles. The minimum atomic E-state index is -0.880. The lowest BCUT2D eigenvalue weighted by atomic mass is 10.1. The minimum absolute atomic E-state index is 0.332. The van der Waals surface area contributed by atoms with Crippen molar-refractivity contribution in [2.45, 2.75) is 29.1 Å². The number of hydrogen-bond acceptors (Lipinski definition) is 2. The van der Waals surface area contributed by atoms with Crippen molar-refractivity contribution in [1.29, 1.82) is 0 Å². The monoisotopic (exact) mass is 270 g/mol. The Morgan fingerprint density at radius 2 is 1.63 bits per heavy atom. The lowest BCUT2D eigenvalue weighted by molar-refractivity contribution is 0.0697. The second-order valence-electron chi connectivity index (χ2n) is 4.72. The van der Waals surface area contributed by atoms with Crippen LogP contribution >= 0.6 is 11.8 Å². The van der Waals surface area contributed by atoms with Crippen LogP contribution in [0.2, 0.25) is 0 Å². The second kappa shape index (κ2) is 5.10. The van der Waals surface area contributed by atoms with Gasteiger partial charge in [0.15, 0.2) is 0 Å². The summed E-state index contributed by atoms with van der Waals surface area (Å²) in [7, 11) is 0. The summed E-state index contributed by atoms with van der Waals surface area (Å²) in [6.45, 7) is 0. The number of carbonyl (C=O) groups is 1. The van der Waals surface area contributed by atoms with Crippen molar-refractivity contribution in [3.63, 3.8) is 0 Å². The molecule has 2 aromatic rings. The summed E-state index contributed by atoms with van der Waals surface area (Å²) in [5, 5.41) is 8.86. The molecule has 19 heavy (non-hydrogen) atoms. The highest BCUT2D eigenvalue weighted by atomic mass is 32.2. The standard InChI is InChI=1S/C16H14O2S/c17-16(18)12-5-7-14(8-6-12)19-15-9-4-11-2-1-3-13(11)10-15/h4-10H,1-3H2,(H,17,18). The summed E-state index contributed by atoms with van der Waals surface area (Å²) in [6.07, 6.45) is 3.64. The molecule has 0 atom stereocenters. The summed E-state index contributed by atoms with van der Waals surface area (Å²) in [6, 6.07) is 13.7. The third kappa shape index (κ3) is 2.66. The van der Waals surface area contributed by atoms with Crippen molar-refractivity contribution in [3.05, 3.63) is 59.2 Å². The topological polar surface area (TPSA) is 37.3 Å².